The van der Waals surface area contributed by atoms with Gasteiger partial charge in [0, 0.05) is 10.5 Å². The molecule has 0 atom stereocenters. The molecule has 0 saturated carbocycles. The fourth-order valence-corrected chi connectivity index (χ4v) is 3.50. The number of sulfonamides is 1. The summed E-state index contributed by atoms with van der Waals surface area (Å²) < 4.78 is 54.0. The van der Waals surface area contributed by atoms with Crippen molar-refractivity contribution >= 4 is 37.3 Å². The zero-order chi connectivity index (χ0) is 15.8. The highest BCUT2D eigenvalue weighted by molar-refractivity contribution is 9.10. The number of benzene rings is 2. The maximum atomic E-state index is 13.7. The van der Waals surface area contributed by atoms with Gasteiger partial charge in [0.2, 0.25) is 0 Å². The maximum Gasteiger partial charge on any atom is 0.264 e. The monoisotopic (exact) mass is 376 g/mol. The molecule has 0 aliphatic rings. The third kappa shape index (κ3) is 3.51. The molecule has 0 aliphatic heterocycles. The predicted molar refractivity (Wildman–Crippen MR) is 80.5 cm³/mol. The van der Waals surface area contributed by atoms with Gasteiger partial charge in [-0.2, -0.15) is 0 Å². The lowest BCUT2D eigenvalue weighted by Gasteiger charge is -2.11. The third-order valence-corrected chi connectivity index (χ3v) is 4.49. The van der Waals surface area contributed by atoms with Crippen LogP contribution in [0.1, 0.15) is 5.56 Å². The molecule has 0 saturated heterocycles. The first-order valence-corrected chi connectivity index (χ1v) is 8.01. The van der Waals surface area contributed by atoms with Crippen LogP contribution in [0.25, 0.3) is 0 Å². The summed E-state index contributed by atoms with van der Waals surface area (Å²) in [6, 6.07) is 6.07. The Morgan fingerprint density at radius 2 is 1.76 bits per heavy atom. The molecule has 0 unspecified atom stereocenters. The molecule has 0 amide bonds. The molecule has 21 heavy (non-hydrogen) atoms. The van der Waals surface area contributed by atoms with E-state index in [0.29, 0.717) is 10.5 Å². The molecule has 0 aromatic heterocycles. The molecular weight excluding hydrogens is 366 g/mol. The average molecular weight is 377 g/mol. The minimum absolute atomic E-state index is 0.254. The van der Waals surface area contributed by atoms with Crippen LogP contribution in [0.15, 0.2) is 39.7 Å². The topological polar surface area (TPSA) is 72.2 Å². The second-order valence-electron chi connectivity index (χ2n) is 4.43. The molecule has 2 rings (SSSR count). The molecule has 2 aromatic carbocycles. The molecule has 112 valence electrons. The normalized spacial score (nSPS) is 11.4. The molecule has 0 fully saturated rings. The van der Waals surface area contributed by atoms with Crippen molar-refractivity contribution in [2.75, 3.05) is 10.5 Å². The van der Waals surface area contributed by atoms with E-state index in [-0.39, 0.29) is 5.69 Å². The van der Waals surface area contributed by atoms with E-state index in [4.69, 9.17) is 5.73 Å². The number of nitrogen functional groups attached to an aromatic ring is 1. The van der Waals surface area contributed by atoms with Crippen LogP contribution in [0.5, 0.6) is 0 Å². The summed E-state index contributed by atoms with van der Waals surface area (Å²) in [6.07, 6.45) is 0. The first-order chi connectivity index (χ1) is 9.69. The summed E-state index contributed by atoms with van der Waals surface area (Å²) in [5.41, 5.74) is 5.90. The lowest BCUT2D eigenvalue weighted by atomic mass is 10.2. The van der Waals surface area contributed by atoms with E-state index in [1.54, 1.807) is 19.1 Å². The number of halogens is 3. The van der Waals surface area contributed by atoms with Gasteiger partial charge in [0.1, 0.15) is 16.5 Å². The van der Waals surface area contributed by atoms with Gasteiger partial charge in [-0.05, 0) is 36.8 Å². The minimum Gasteiger partial charge on any atom is -0.396 e. The maximum absolute atomic E-state index is 13.7. The van der Waals surface area contributed by atoms with E-state index in [1.165, 1.54) is 6.07 Å². The Hall–Kier alpha value is -1.67. The van der Waals surface area contributed by atoms with E-state index < -0.39 is 32.2 Å². The van der Waals surface area contributed by atoms with E-state index in [9.17, 15) is 17.2 Å². The highest BCUT2D eigenvalue weighted by Gasteiger charge is 2.21. The van der Waals surface area contributed by atoms with Crippen molar-refractivity contribution in [3.8, 4) is 0 Å². The second kappa shape index (κ2) is 5.61. The quantitative estimate of drug-likeness (QED) is 0.806. The van der Waals surface area contributed by atoms with Crippen LogP contribution in [0, 0.1) is 18.6 Å². The summed E-state index contributed by atoms with van der Waals surface area (Å²) in [5.74, 6) is -2.22. The van der Waals surface area contributed by atoms with Gasteiger partial charge in [-0.15, -0.1) is 0 Å². The smallest absolute Gasteiger partial charge is 0.264 e. The molecule has 3 N–H and O–H groups in total. The van der Waals surface area contributed by atoms with Crippen molar-refractivity contribution < 1.29 is 17.2 Å². The molecule has 0 radical (unpaired) electrons. The van der Waals surface area contributed by atoms with Crippen LogP contribution >= 0.6 is 15.9 Å². The fourth-order valence-electron chi connectivity index (χ4n) is 1.76. The molecule has 8 heteroatoms. The first-order valence-electron chi connectivity index (χ1n) is 5.73. The number of nitrogens with two attached hydrogens (primary N) is 1. The first kappa shape index (κ1) is 15.7. The molecule has 2 aromatic rings. The summed E-state index contributed by atoms with van der Waals surface area (Å²) >= 11 is 3.23. The SMILES string of the molecule is Cc1cc(Br)cc(NS(=O)(=O)c2cc(N)c(F)cc2F)c1. The lowest BCUT2D eigenvalue weighted by molar-refractivity contribution is 0.553. The second-order valence-corrected chi connectivity index (χ2v) is 6.99. The predicted octanol–water partition coefficient (Wildman–Crippen LogP) is 3.42. The molecular formula is C13H11BrF2N2O2S. The Labute approximate surface area is 129 Å². The number of nitrogens with one attached hydrogen (secondary N) is 1. The van der Waals surface area contributed by atoms with E-state index in [1.807, 2.05) is 0 Å². The van der Waals surface area contributed by atoms with Crippen LogP contribution in [-0.2, 0) is 10.0 Å². The van der Waals surface area contributed by atoms with Crippen molar-refractivity contribution in [3.63, 3.8) is 0 Å². The molecule has 0 heterocycles. The van der Waals surface area contributed by atoms with Crippen LogP contribution in [0.3, 0.4) is 0 Å². The Kier molecular flexibility index (Phi) is 4.20. The average Bonchev–Trinajstić information content (AvgIpc) is 2.31. The Morgan fingerprint density at radius 3 is 2.38 bits per heavy atom. The standard InChI is InChI=1S/C13H11BrF2N2O2S/c1-7-2-8(14)4-9(3-7)18-21(19,20)13-6-12(17)10(15)5-11(13)16/h2-6,18H,17H2,1H3. The Morgan fingerprint density at radius 1 is 1.10 bits per heavy atom. The van der Waals surface area contributed by atoms with Crippen molar-refractivity contribution in [3.05, 3.63) is 52.0 Å². The Bertz CT molecular complexity index is 790. The number of hydrogen-bond donors (Lipinski definition) is 2. The van der Waals surface area contributed by atoms with Crippen molar-refractivity contribution in [1.29, 1.82) is 0 Å². The van der Waals surface area contributed by atoms with Crippen LogP contribution in [-0.4, -0.2) is 8.42 Å². The van der Waals surface area contributed by atoms with Gasteiger partial charge in [0.25, 0.3) is 10.0 Å². The summed E-state index contributed by atoms with van der Waals surface area (Å²) in [4.78, 5) is -0.709. The van der Waals surface area contributed by atoms with Gasteiger partial charge >= 0.3 is 0 Å². The van der Waals surface area contributed by atoms with Crippen LogP contribution < -0.4 is 10.5 Å². The van der Waals surface area contributed by atoms with Crippen LogP contribution in [0.2, 0.25) is 0 Å². The van der Waals surface area contributed by atoms with Crippen molar-refractivity contribution in [2.24, 2.45) is 0 Å². The van der Waals surface area contributed by atoms with Gasteiger partial charge in [0.15, 0.2) is 0 Å². The van der Waals surface area contributed by atoms with Gasteiger partial charge in [-0.3, -0.25) is 4.72 Å². The largest absolute Gasteiger partial charge is 0.396 e. The molecule has 0 bridgehead atoms. The van der Waals surface area contributed by atoms with Gasteiger partial charge in [0.05, 0.1) is 11.4 Å². The number of aryl methyl sites for hydroxylation is 1. The summed E-state index contributed by atoms with van der Waals surface area (Å²) in [7, 11) is -4.21. The number of anilines is 2. The van der Waals surface area contributed by atoms with E-state index in [2.05, 4.69) is 20.7 Å². The zero-order valence-electron chi connectivity index (χ0n) is 10.8. The van der Waals surface area contributed by atoms with Crippen LogP contribution in [0.4, 0.5) is 20.2 Å². The lowest BCUT2D eigenvalue weighted by Crippen LogP contribution is -2.15. The van der Waals surface area contributed by atoms with E-state index >= 15 is 0 Å². The van der Waals surface area contributed by atoms with Gasteiger partial charge in [-0.25, -0.2) is 17.2 Å². The van der Waals surface area contributed by atoms with Gasteiger partial charge < -0.3 is 5.73 Å². The third-order valence-electron chi connectivity index (χ3n) is 2.64. The zero-order valence-corrected chi connectivity index (χ0v) is 13.2. The highest BCUT2D eigenvalue weighted by Crippen LogP contribution is 2.25. The highest BCUT2D eigenvalue weighted by atomic mass is 79.9. The minimum atomic E-state index is -4.21. The fraction of sp³-hybridized carbons (Fsp3) is 0.0769. The van der Waals surface area contributed by atoms with Crippen molar-refractivity contribution in [2.45, 2.75) is 11.8 Å². The van der Waals surface area contributed by atoms with E-state index in [0.717, 1.165) is 11.6 Å². The van der Waals surface area contributed by atoms with Crippen molar-refractivity contribution in [1.82, 2.24) is 0 Å². The summed E-state index contributed by atoms with van der Waals surface area (Å²) in [6.45, 7) is 1.78. The molecule has 4 nitrogen and oxygen atoms in total. The number of hydrogen-bond acceptors (Lipinski definition) is 3. The molecule has 0 aliphatic carbocycles. The molecule has 0 spiro atoms. The summed E-state index contributed by atoms with van der Waals surface area (Å²) in [5, 5.41) is 0. The van der Waals surface area contributed by atoms with Gasteiger partial charge in [-0.1, -0.05) is 15.9 Å². The Balaban J connectivity index is 2.45. The number of rotatable bonds is 3.